The molecule has 0 fully saturated rings. The summed E-state index contributed by atoms with van der Waals surface area (Å²) in [6, 6.07) is 8.03. The zero-order valence-corrected chi connectivity index (χ0v) is 12.0. The van der Waals surface area contributed by atoms with Crippen molar-refractivity contribution in [3.05, 3.63) is 41.1 Å². The molecule has 4 nitrogen and oxygen atoms in total. The fourth-order valence-corrected chi connectivity index (χ4v) is 2.19. The first-order valence-corrected chi connectivity index (χ1v) is 6.50. The summed E-state index contributed by atoms with van der Waals surface area (Å²) in [4.78, 5) is 0. The highest BCUT2D eigenvalue weighted by molar-refractivity contribution is 5.36. The summed E-state index contributed by atoms with van der Waals surface area (Å²) in [6.45, 7) is 8.83. The fraction of sp³-hybridized carbons (Fsp3) is 0.400. The van der Waals surface area contributed by atoms with E-state index in [1.807, 2.05) is 19.1 Å². The Morgan fingerprint density at radius 1 is 1.26 bits per heavy atom. The molecule has 19 heavy (non-hydrogen) atoms. The number of ether oxygens (including phenoxy) is 1. The molecule has 1 aromatic heterocycles. The Hall–Kier alpha value is -1.97. The number of nitrogens with two attached hydrogens (primary N) is 1. The van der Waals surface area contributed by atoms with Gasteiger partial charge in [-0.05, 0) is 43.0 Å². The molecule has 2 rings (SSSR count). The van der Waals surface area contributed by atoms with Crippen molar-refractivity contribution in [3.63, 3.8) is 0 Å². The molecule has 1 heterocycles. The van der Waals surface area contributed by atoms with Gasteiger partial charge in [0.2, 0.25) is 0 Å². The Balaban J connectivity index is 2.08. The number of nitrogens with zero attached hydrogens (tertiary/aromatic N) is 2. The van der Waals surface area contributed by atoms with Gasteiger partial charge in [0.05, 0.1) is 0 Å². The fourth-order valence-electron chi connectivity index (χ4n) is 2.19. The van der Waals surface area contributed by atoms with E-state index in [9.17, 15) is 0 Å². The highest BCUT2D eigenvalue weighted by atomic mass is 16.5. The Morgan fingerprint density at radius 3 is 2.53 bits per heavy atom. The third-order valence-electron chi connectivity index (χ3n) is 3.22. The van der Waals surface area contributed by atoms with Crippen molar-refractivity contribution in [2.45, 2.75) is 40.3 Å². The van der Waals surface area contributed by atoms with E-state index < -0.39 is 0 Å². The van der Waals surface area contributed by atoms with Gasteiger partial charge in [0.15, 0.2) is 6.73 Å². The third-order valence-corrected chi connectivity index (χ3v) is 3.22. The van der Waals surface area contributed by atoms with Crippen LogP contribution in [0.1, 0.15) is 36.6 Å². The Morgan fingerprint density at radius 2 is 2.00 bits per heavy atom. The van der Waals surface area contributed by atoms with Gasteiger partial charge in [-0.15, -0.1) is 0 Å². The van der Waals surface area contributed by atoms with Gasteiger partial charge < -0.3 is 10.5 Å². The molecule has 2 N–H and O–H groups in total. The molecule has 102 valence electrons. The van der Waals surface area contributed by atoms with Crippen LogP contribution in [0.15, 0.2) is 24.3 Å². The maximum absolute atomic E-state index is 5.75. The normalized spacial score (nSPS) is 11.0. The molecule has 4 heteroatoms. The summed E-state index contributed by atoms with van der Waals surface area (Å²) >= 11 is 0. The molecule has 0 amide bonds. The standard InChI is InChI=1S/C15H21N3O/c1-10(2)14-6-5-13(7-11(14)3)19-9-18-12(4)8-15(16)17-18/h5-8,10H,9H2,1-4H3,(H2,16,17). The smallest absolute Gasteiger partial charge is 0.181 e. The molecule has 1 aromatic carbocycles. The third kappa shape index (κ3) is 3.08. The highest BCUT2D eigenvalue weighted by Crippen LogP contribution is 2.23. The first kappa shape index (κ1) is 13.5. The van der Waals surface area contributed by atoms with Crippen LogP contribution in [0.2, 0.25) is 0 Å². The minimum absolute atomic E-state index is 0.378. The maximum Gasteiger partial charge on any atom is 0.181 e. The van der Waals surface area contributed by atoms with Crippen LogP contribution < -0.4 is 10.5 Å². The first-order valence-electron chi connectivity index (χ1n) is 6.50. The monoisotopic (exact) mass is 259 g/mol. The molecule has 0 radical (unpaired) electrons. The second-order valence-electron chi connectivity index (χ2n) is 5.16. The van der Waals surface area contributed by atoms with Crippen molar-refractivity contribution in [2.24, 2.45) is 0 Å². The molecule has 0 saturated carbocycles. The van der Waals surface area contributed by atoms with E-state index >= 15 is 0 Å². The van der Waals surface area contributed by atoms with Crippen molar-refractivity contribution in [1.29, 1.82) is 0 Å². The molecule has 0 unspecified atom stereocenters. The average molecular weight is 259 g/mol. The summed E-state index contributed by atoms with van der Waals surface area (Å²) in [5.41, 5.74) is 9.24. The van der Waals surface area contributed by atoms with Crippen molar-refractivity contribution >= 4 is 5.82 Å². The number of benzene rings is 1. The maximum atomic E-state index is 5.75. The zero-order valence-electron chi connectivity index (χ0n) is 12.0. The number of hydrogen-bond donors (Lipinski definition) is 1. The lowest BCUT2D eigenvalue weighted by molar-refractivity contribution is 0.218. The van der Waals surface area contributed by atoms with Crippen molar-refractivity contribution in [2.75, 3.05) is 5.73 Å². The molecule has 0 aliphatic carbocycles. The van der Waals surface area contributed by atoms with Crippen molar-refractivity contribution < 1.29 is 4.74 Å². The van der Waals surface area contributed by atoms with Gasteiger partial charge >= 0.3 is 0 Å². The van der Waals surface area contributed by atoms with E-state index in [0.717, 1.165) is 11.4 Å². The largest absolute Gasteiger partial charge is 0.471 e. The summed E-state index contributed by atoms with van der Waals surface area (Å²) in [5.74, 6) is 1.91. The lowest BCUT2D eigenvalue weighted by atomic mass is 9.98. The molecular weight excluding hydrogens is 238 g/mol. The van der Waals surface area contributed by atoms with Crippen LogP contribution >= 0.6 is 0 Å². The lowest BCUT2D eigenvalue weighted by Crippen LogP contribution is -2.09. The van der Waals surface area contributed by atoms with Gasteiger partial charge in [-0.2, -0.15) is 5.10 Å². The number of aromatic nitrogens is 2. The molecule has 2 aromatic rings. The summed E-state index contributed by atoms with van der Waals surface area (Å²) in [7, 11) is 0. The molecular formula is C15H21N3O. The topological polar surface area (TPSA) is 53.1 Å². The van der Waals surface area contributed by atoms with Crippen LogP contribution in [-0.4, -0.2) is 9.78 Å². The number of rotatable bonds is 4. The van der Waals surface area contributed by atoms with Gasteiger partial charge in [0, 0.05) is 11.8 Å². The van der Waals surface area contributed by atoms with Gasteiger partial charge in [0.1, 0.15) is 11.6 Å². The van der Waals surface area contributed by atoms with Crippen LogP contribution in [0.3, 0.4) is 0 Å². The first-order chi connectivity index (χ1) is 8.97. The van der Waals surface area contributed by atoms with Crippen LogP contribution in [0.5, 0.6) is 5.75 Å². The summed E-state index contributed by atoms with van der Waals surface area (Å²) in [5, 5.41) is 4.16. The Kier molecular flexibility index (Phi) is 3.79. The quantitative estimate of drug-likeness (QED) is 0.917. The Labute approximate surface area is 114 Å². The zero-order chi connectivity index (χ0) is 14.0. The molecule has 0 atom stereocenters. The van der Waals surface area contributed by atoms with Crippen molar-refractivity contribution in [1.82, 2.24) is 9.78 Å². The minimum atomic E-state index is 0.378. The molecule has 0 aliphatic rings. The van der Waals surface area contributed by atoms with Crippen LogP contribution in [0, 0.1) is 13.8 Å². The van der Waals surface area contributed by atoms with E-state index in [1.54, 1.807) is 4.68 Å². The predicted octanol–water partition coefficient (Wildman–Crippen LogP) is 3.24. The Bertz CT molecular complexity index is 573. The molecule has 0 aliphatic heterocycles. The van der Waals surface area contributed by atoms with Crippen LogP contribution in [0.4, 0.5) is 5.82 Å². The lowest BCUT2D eigenvalue weighted by Gasteiger charge is -2.13. The SMILES string of the molecule is Cc1cc(OCn2nc(N)cc2C)ccc1C(C)C. The molecule has 0 saturated heterocycles. The van der Waals surface area contributed by atoms with E-state index in [0.29, 0.717) is 18.5 Å². The second-order valence-corrected chi connectivity index (χ2v) is 5.16. The van der Waals surface area contributed by atoms with Crippen LogP contribution in [0.25, 0.3) is 0 Å². The van der Waals surface area contributed by atoms with Crippen molar-refractivity contribution in [3.8, 4) is 5.75 Å². The summed E-state index contributed by atoms with van der Waals surface area (Å²) < 4.78 is 7.50. The number of aryl methyl sites for hydroxylation is 2. The van der Waals surface area contributed by atoms with Crippen LogP contribution in [-0.2, 0) is 6.73 Å². The number of nitrogen functional groups attached to an aromatic ring is 1. The average Bonchev–Trinajstić information content (AvgIpc) is 2.65. The number of hydrogen-bond acceptors (Lipinski definition) is 3. The molecule has 0 spiro atoms. The van der Waals surface area contributed by atoms with E-state index in [-0.39, 0.29) is 0 Å². The van der Waals surface area contributed by atoms with E-state index in [4.69, 9.17) is 10.5 Å². The second kappa shape index (κ2) is 5.34. The van der Waals surface area contributed by atoms with Gasteiger partial charge in [-0.1, -0.05) is 19.9 Å². The minimum Gasteiger partial charge on any atom is -0.471 e. The summed E-state index contributed by atoms with van der Waals surface area (Å²) in [6.07, 6.45) is 0. The van der Waals surface area contributed by atoms with Gasteiger partial charge in [0.25, 0.3) is 0 Å². The van der Waals surface area contributed by atoms with E-state index in [2.05, 4.69) is 38.0 Å². The van der Waals surface area contributed by atoms with Gasteiger partial charge in [-0.25, -0.2) is 4.68 Å². The number of anilines is 1. The molecule has 0 bridgehead atoms. The van der Waals surface area contributed by atoms with Gasteiger partial charge in [-0.3, -0.25) is 0 Å². The van der Waals surface area contributed by atoms with E-state index in [1.165, 1.54) is 11.1 Å². The predicted molar refractivity (Wildman–Crippen MR) is 77.3 cm³/mol. The highest BCUT2D eigenvalue weighted by Gasteiger charge is 2.06.